The van der Waals surface area contributed by atoms with Crippen molar-refractivity contribution in [1.29, 1.82) is 0 Å². The molecule has 0 atom stereocenters. The van der Waals surface area contributed by atoms with Crippen LogP contribution in [0.1, 0.15) is 11.1 Å². The molecule has 0 aliphatic carbocycles. The van der Waals surface area contributed by atoms with Crippen LogP contribution in [0, 0.1) is 13.8 Å². The van der Waals surface area contributed by atoms with Crippen LogP contribution in [0.15, 0.2) is 73.3 Å². The maximum atomic E-state index is 12.2. The molecule has 0 saturated carbocycles. The second kappa shape index (κ2) is 8.44. The van der Waals surface area contributed by atoms with Crippen LogP contribution in [0.5, 0.6) is 0 Å². The van der Waals surface area contributed by atoms with Crippen molar-refractivity contribution in [3.63, 3.8) is 0 Å². The van der Waals surface area contributed by atoms with E-state index in [0.717, 1.165) is 16.9 Å². The van der Waals surface area contributed by atoms with Gasteiger partial charge in [-0.1, -0.05) is 6.07 Å². The molecule has 2 aromatic heterocycles. The monoisotopic (exact) mass is 399 g/mol. The van der Waals surface area contributed by atoms with E-state index in [1.54, 1.807) is 16.9 Å². The van der Waals surface area contributed by atoms with Crippen LogP contribution >= 0.6 is 0 Å². The Hall–Kier alpha value is -4.20. The summed E-state index contributed by atoms with van der Waals surface area (Å²) in [6.45, 7) is 4.05. The maximum absolute atomic E-state index is 12.2. The van der Waals surface area contributed by atoms with Crippen LogP contribution < -0.4 is 16.0 Å². The molecule has 0 radical (unpaired) electrons. The number of hydrogen-bond acceptors (Lipinski definition) is 5. The Kier molecular flexibility index (Phi) is 5.38. The van der Waals surface area contributed by atoms with Crippen LogP contribution in [0.25, 0.3) is 5.82 Å². The Balaban J connectivity index is 1.37. The summed E-state index contributed by atoms with van der Waals surface area (Å²) < 4.78 is 1.66. The first-order valence-corrected chi connectivity index (χ1v) is 9.41. The van der Waals surface area contributed by atoms with Crippen molar-refractivity contribution in [3.05, 3.63) is 84.4 Å². The quantitative estimate of drug-likeness (QED) is 0.453. The third kappa shape index (κ3) is 4.61. The summed E-state index contributed by atoms with van der Waals surface area (Å²) in [5.74, 6) is 1.31. The molecule has 8 nitrogen and oxygen atoms in total. The molecular weight excluding hydrogens is 378 g/mol. The first-order valence-electron chi connectivity index (χ1n) is 9.41. The van der Waals surface area contributed by atoms with E-state index < -0.39 is 0 Å². The second-order valence-corrected chi connectivity index (χ2v) is 6.79. The van der Waals surface area contributed by atoms with E-state index in [1.807, 2.05) is 68.6 Å². The van der Waals surface area contributed by atoms with Crippen molar-refractivity contribution in [2.45, 2.75) is 13.8 Å². The number of urea groups is 1. The lowest BCUT2D eigenvalue weighted by molar-refractivity contribution is 0.262. The molecule has 0 aliphatic heterocycles. The lowest BCUT2D eigenvalue weighted by Gasteiger charge is -2.11. The first-order chi connectivity index (χ1) is 14.6. The Labute approximate surface area is 174 Å². The lowest BCUT2D eigenvalue weighted by atomic mass is 10.1. The lowest BCUT2D eigenvalue weighted by Crippen LogP contribution is -2.19. The number of carbonyl (C=O) groups is 1. The van der Waals surface area contributed by atoms with Crippen molar-refractivity contribution >= 4 is 28.9 Å². The molecule has 2 heterocycles. The van der Waals surface area contributed by atoms with Crippen molar-refractivity contribution in [3.8, 4) is 5.82 Å². The summed E-state index contributed by atoms with van der Waals surface area (Å²) in [6, 6.07) is 16.5. The second-order valence-electron chi connectivity index (χ2n) is 6.79. The van der Waals surface area contributed by atoms with Gasteiger partial charge < -0.3 is 16.0 Å². The number of carbonyl (C=O) groups excluding carboxylic acids is 1. The maximum Gasteiger partial charge on any atom is 0.323 e. The molecule has 0 aliphatic rings. The van der Waals surface area contributed by atoms with Crippen LogP contribution in [-0.2, 0) is 0 Å². The molecule has 3 N–H and O–H groups in total. The van der Waals surface area contributed by atoms with E-state index in [4.69, 9.17) is 0 Å². The molecule has 4 rings (SSSR count). The Morgan fingerprint density at radius 3 is 2.33 bits per heavy atom. The number of nitrogens with one attached hydrogen (secondary N) is 3. The Bertz CT molecular complexity index is 1150. The summed E-state index contributed by atoms with van der Waals surface area (Å²) in [7, 11) is 0. The minimum atomic E-state index is -0.293. The standard InChI is InChI=1S/C22H21N7O/c1-15-4-5-19(12-16(15)2)28-22(30)27-18-8-6-17(7-9-18)26-20-13-21(24-14-23-20)29-11-3-10-25-29/h3-14H,1-2H3,(H,23,24,26)(H2,27,28,30). The molecule has 0 fully saturated rings. The number of benzene rings is 2. The number of anilines is 4. The fraction of sp³-hybridized carbons (Fsp3) is 0.0909. The minimum Gasteiger partial charge on any atom is -0.340 e. The van der Waals surface area contributed by atoms with Gasteiger partial charge in [-0.3, -0.25) is 0 Å². The number of nitrogens with zero attached hydrogens (tertiary/aromatic N) is 4. The third-order valence-electron chi connectivity index (χ3n) is 4.57. The molecule has 0 saturated heterocycles. The summed E-state index contributed by atoms with van der Waals surface area (Å²) in [5, 5.41) is 13.1. The van der Waals surface area contributed by atoms with Crippen LogP contribution in [0.3, 0.4) is 0 Å². The largest absolute Gasteiger partial charge is 0.340 e. The summed E-state index contributed by atoms with van der Waals surface area (Å²) >= 11 is 0. The van der Waals surface area contributed by atoms with Gasteiger partial charge in [0, 0.05) is 35.5 Å². The number of rotatable bonds is 5. The molecule has 30 heavy (non-hydrogen) atoms. The van der Waals surface area contributed by atoms with Gasteiger partial charge in [0.15, 0.2) is 5.82 Å². The van der Waals surface area contributed by atoms with Crippen LogP contribution in [0.4, 0.5) is 27.7 Å². The van der Waals surface area contributed by atoms with Crippen molar-refractivity contribution in [2.24, 2.45) is 0 Å². The normalized spacial score (nSPS) is 10.5. The first kappa shape index (κ1) is 19.1. The molecule has 0 spiro atoms. The van der Waals surface area contributed by atoms with Crippen molar-refractivity contribution in [2.75, 3.05) is 16.0 Å². The van der Waals surface area contributed by atoms with E-state index in [-0.39, 0.29) is 6.03 Å². The number of aromatic nitrogens is 4. The van der Waals surface area contributed by atoms with Gasteiger partial charge in [0.25, 0.3) is 0 Å². The highest BCUT2D eigenvalue weighted by molar-refractivity contribution is 5.99. The van der Waals surface area contributed by atoms with Crippen molar-refractivity contribution < 1.29 is 4.79 Å². The van der Waals surface area contributed by atoms with Crippen molar-refractivity contribution in [1.82, 2.24) is 19.7 Å². The zero-order valence-corrected chi connectivity index (χ0v) is 16.6. The van der Waals surface area contributed by atoms with E-state index >= 15 is 0 Å². The van der Waals surface area contributed by atoms with E-state index in [0.29, 0.717) is 17.3 Å². The van der Waals surface area contributed by atoms with Gasteiger partial charge in [0.05, 0.1) is 0 Å². The molecule has 8 heteroatoms. The summed E-state index contributed by atoms with van der Waals surface area (Å²) in [6.07, 6.45) is 4.99. The van der Waals surface area contributed by atoms with Crippen LogP contribution in [0.2, 0.25) is 0 Å². The van der Waals surface area contributed by atoms with Gasteiger partial charge >= 0.3 is 6.03 Å². The zero-order valence-electron chi connectivity index (χ0n) is 16.6. The average Bonchev–Trinajstić information content (AvgIpc) is 3.27. The Morgan fingerprint density at radius 1 is 0.867 bits per heavy atom. The highest BCUT2D eigenvalue weighted by Crippen LogP contribution is 2.19. The highest BCUT2D eigenvalue weighted by Gasteiger charge is 2.05. The topological polar surface area (TPSA) is 96.8 Å². The summed E-state index contributed by atoms with van der Waals surface area (Å²) in [5.41, 5.74) is 4.58. The van der Waals surface area contributed by atoms with E-state index in [2.05, 4.69) is 31.0 Å². The molecule has 2 aromatic carbocycles. The molecule has 150 valence electrons. The molecule has 0 bridgehead atoms. The third-order valence-corrected chi connectivity index (χ3v) is 4.57. The summed E-state index contributed by atoms with van der Waals surface area (Å²) in [4.78, 5) is 20.7. The van der Waals surface area contributed by atoms with Gasteiger partial charge in [-0.05, 0) is 67.4 Å². The average molecular weight is 399 g/mol. The smallest absolute Gasteiger partial charge is 0.323 e. The number of aryl methyl sites for hydroxylation is 2. The van der Waals surface area contributed by atoms with Crippen LogP contribution in [-0.4, -0.2) is 25.8 Å². The molecule has 4 aromatic rings. The minimum absolute atomic E-state index is 0.293. The SMILES string of the molecule is Cc1ccc(NC(=O)Nc2ccc(Nc3cc(-n4cccn4)ncn3)cc2)cc1C. The van der Waals surface area contributed by atoms with Gasteiger partial charge in [0.1, 0.15) is 12.1 Å². The zero-order chi connectivity index (χ0) is 20.9. The fourth-order valence-corrected chi connectivity index (χ4v) is 2.84. The van der Waals surface area contributed by atoms with Gasteiger partial charge in [-0.15, -0.1) is 0 Å². The van der Waals surface area contributed by atoms with E-state index in [9.17, 15) is 4.79 Å². The number of hydrogen-bond donors (Lipinski definition) is 3. The van der Waals surface area contributed by atoms with E-state index in [1.165, 1.54) is 11.9 Å². The highest BCUT2D eigenvalue weighted by atomic mass is 16.2. The van der Waals surface area contributed by atoms with Gasteiger partial charge in [0.2, 0.25) is 0 Å². The predicted octanol–water partition coefficient (Wildman–Crippen LogP) is 4.67. The molecular formula is C22H21N7O. The molecule has 2 amide bonds. The van der Waals surface area contributed by atoms with Gasteiger partial charge in [-0.25, -0.2) is 19.4 Å². The predicted molar refractivity (Wildman–Crippen MR) is 117 cm³/mol. The number of amides is 2. The Morgan fingerprint density at radius 2 is 1.60 bits per heavy atom. The van der Waals surface area contributed by atoms with Gasteiger partial charge in [-0.2, -0.15) is 5.10 Å². The molecule has 0 unspecified atom stereocenters. The fourth-order valence-electron chi connectivity index (χ4n) is 2.84.